The summed E-state index contributed by atoms with van der Waals surface area (Å²) in [6.45, 7) is 0. The van der Waals surface area contributed by atoms with Gasteiger partial charge in [0, 0.05) is 9.86 Å². The van der Waals surface area contributed by atoms with E-state index in [0.29, 0.717) is 21.4 Å². The van der Waals surface area contributed by atoms with Crippen LogP contribution in [0.2, 0.25) is 0 Å². The van der Waals surface area contributed by atoms with Crippen LogP contribution >= 0.6 is 15.9 Å². The van der Waals surface area contributed by atoms with Crippen molar-refractivity contribution in [3.8, 4) is 0 Å². The number of rotatable bonds is 2. The van der Waals surface area contributed by atoms with E-state index in [2.05, 4.69) is 26.2 Å². The number of hydrogen-bond acceptors (Lipinski definition) is 3. The summed E-state index contributed by atoms with van der Waals surface area (Å²) < 4.78 is 39.2. The van der Waals surface area contributed by atoms with E-state index in [9.17, 15) is 13.2 Å². The molecule has 0 saturated carbocycles. The Kier molecular flexibility index (Phi) is 3.89. The van der Waals surface area contributed by atoms with Crippen LogP contribution in [0.25, 0.3) is 10.9 Å². The molecule has 0 spiro atoms. The van der Waals surface area contributed by atoms with Crippen LogP contribution in [-0.2, 0) is 6.18 Å². The molecule has 3 rings (SSSR count). The molecule has 23 heavy (non-hydrogen) atoms. The summed E-state index contributed by atoms with van der Waals surface area (Å²) in [4.78, 5) is 4.21. The molecule has 0 amide bonds. The fourth-order valence-electron chi connectivity index (χ4n) is 2.23. The molecule has 0 saturated heterocycles. The van der Waals surface area contributed by atoms with Crippen molar-refractivity contribution in [3.63, 3.8) is 0 Å². The van der Waals surface area contributed by atoms with E-state index >= 15 is 0 Å². The second kappa shape index (κ2) is 5.73. The SMILES string of the molecule is Nc1cnc2ccccc2c1Nc1cc(C(F)(F)F)ccc1Br. The van der Waals surface area contributed by atoms with Crippen LogP contribution < -0.4 is 11.1 Å². The maximum atomic E-state index is 12.9. The molecule has 118 valence electrons. The van der Waals surface area contributed by atoms with Crippen molar-refractivity contribution in [2.24, 2.45) is 0 Å². The number of aromatic nitrogens is 1. The number of benzene rings is 2. The fraction of sp³-hybridized carbons (Fsp3) is 0.0625. The largest absolute Gasteiger partial charge is 0.416 e. The van der Waals surface area contributed by atoms with Crippen molar-refractivity contribution in [1.29, 1.82) is 0 Å². The lowest BCUT2D eigenvalue weighted by Gasteiger charge is -2.15. The predicted molar refractivity (Wildman–Crippen MR) is 88.6 cm³/mol. The number of nitrogens with zero attached hydrogens (tertiary/aromatic N) is 1. The summed E-state index contributed by atoms with van der Waals surface area (Å²) in [5, 5.41) is 3.72. The van der Waals surface area contributed by atoms with E-state index in [4.69, 9.17) is 5.73 Å². The Morgan fingerprint density at radius 1 is 1.09 bits per heavy atom. The molecule has 1 heterocycles. The fourth-order valence-corrected chi connectivity index (χ4v) is 2.57. The van der Waals surface area contributed by atoms with Gasteiger partial charge in [0.1, 0.15) is 0 Å². The van der Waals surface area contributed by atoms with Crippen LogP contribution in [0.15, 0.2) is 53.1 Å². The Morgan fingerprint density at radius 2 is 1.83 bits per heavy atom. The first kappa shape index (κ1) is 15.6. The first-order valence-corrected chi connectivity index (χ1v) is 7.42. The standard InChI is InChI=1S/C16H11BrF3N3/c17-11-6-5-9(16(18,19)20)7-14(11)23-15-10-3-1-2-4-13(10)22-8-12(15)21/h1-8H,21H2,(H,22,23). The van der Waals surface area contributed by atoms with Crippen molar-refractivity contribution in [1.82, 2.24) is 4.98 Å². The maximum absolute atomic E-state index is 12.9. The number of para-hydroxylation sites is 1. The highest BCUT2D eigenvalue weighted by atomic mass is 79.9. The third-order valence-corrected chi connectivity index (χ3v) is 4.05. The summed E-state index contributed by atoms with van der Waals surface area (Å²) in [5.74, 6) is 0. The van der Waals surface area contributed by atoms with Gasteiger partial charge >= 0.3 is 6.18 Å². The van der Waals surface area contributed by atoms with Gasteiger partial charge in [-0.15, -0.1) is 0 Å². The molecule has 2 aromatic carbocycles. The lowest BCUT2D eigenvalue weighted by Crippen LogP contribution is -2.06. The predicted octanol–water partition coefficient (Wildman–Crippen LogP) is 5.34. The topological polar surface area (TPSA) is 50.9 Å². The lowest BCUT2D eigenvalue weighted by molar-refractivity contribution is -0.137. The Morgan fingerprint density at radius 3 is 2.57 bits per heavy atom. The Labute approximate surface area is 138 Å². The van der Waals surface area contributed by atoms with Crippen molar-refractivity contribution in [2.45, 2.75) is 6.18 Å². The number of alkyl halides is 3. The highest BCUT2D eigenvalue weighted by Crippen LogP contribution is 2.37. The van der Waals surface area contributed by atoms with Crippen molar-refractivity contribution < 1.29 is 13.2 Å². The molecule has 0 aliphatic carbocycles. The molecule has 3 nitrogen and oxygen atoms in total. The van der Waals surface area contributed by atoms with Crippen LogP contribution in [0, 0.1) is 0 Å². The average molecular weight is 382 g/mol. The molecule has 0 aliphatic rings. The number of nitrogens with one attached hydrogen (secondary N) is 1. The second-order valence-electron chi connectivity index (χ2n) is 4.92. The van der Waals surface area contributed by atoms with E-state index in [1.54, 1.807) is 6.07 Å². The molecule has 3 N–H and O–H groups in total. The Bertz CT molecular complexity index is 878. The minimum atomic E-state index is -4.41. The first-order valence-electron chi connectivity index (χ1n) is 6.63. The van der Waals surface area contributed by atoms with Gasteiger partial charge in [-0.25, -0.2) is 0 Å². The number of hydrogen-bond donors (Lipinski definition) is 2. The van der Waals surface area contributed by atoms with Crippen LogP contribution in [-0.4, -0.2) is 4.98 Å². The molecule has 0 bridgehead atoms. The number of halogens is 4. The molecule has 3 aromatic rings. The van der Waals surface area contributed by atoms with Gasteiger partial charge in [-0.1, -0.05) is 18.2 Å². The quantitative estimate of drug-likeness (QED) is 0.629. The zero-order valence-electron chi connectivity index (χ0n) is 11.7. The second-order valence-corrected chi connectivity index (χ2v) is 5.78. The van der Waals surface area contributed by atoms with E-state index < -0.39 is 11.7 Å². The van der Waals surface area contributed by atoms with Crippen molar-refractivity contribution in [3.05, 3.63) is 58.7 Å². The van der Waals surface area contributed by atoms with Gasteiger partial charge in [-0.05, 0) is 40.2 Å². The van der Waals surface area contributed by atoms with E-state index in [-0.39, 0.29) is 5.69 Å². The Balaban J connectivity index is 2.11. The molecule has 0 aliphatic heterocycles. The van der Waals surface area contributed by atoms with Gasteiger partial charge in [-0.3, -0.25) is 4.98 Å². The van der Waals surface area contributed by atoms with Crippen molar-refractivity contribution >= 4 is 43.9 Å². The van der Waals surface area contributed by atoms with Gasteiger partial charge < -0.3 is 11.1 Å². The van der Waals surface area contributed by atoms with E-state index in [1.165, 1.54) is 12.3 Å². The van der Waals surface area contributed by atoms with Crippen LogP contribution in [0.5, 0.6) is 0 Å². The van der Waals surface area contributed by atoms with Crippen LogP contribution in [0.4, 0.5) is 30.2 Å². The van der Waals surface area contributed by atoms with Gasteiger partial charge in [0.05, 0.1) is 34.3 Å². The zero-order chi connectivity index (χ0) is 16.6. The third kappa shape index (κ3) is 3.10. The zero-order valence-corrected chi connectivity index (χ0v) is 13.2. The molecule has 0 radical (unpaired) electrons. The smallest absolute Gasteiger partial charge is 0.396 e. The van der Waals surface area contributed by atoms with Gasteiger partial charge in [0.15, 0.2) is 0 Å². The van der Waals surface area contributed by atoms with Gasteiger partial charge in [0.2, 0.25) is 0 Å². The summed E-state index contributed by atoms with van der Waals surface area (Å²) in [6.07, 6.45) is -2.94. The molecule has 0 atom stereocenters. The first-order chi connectivity index (χ1) is 10.9. The number of anilines is 3. The molecule has 0 unspecified atom stereocenters. The van der Waals surface area contributed by atoms with E-state index in [1.807, 2.05) is 18.2 Å². The highest BCUT2D eigenvalue weighted by Gasteiger charge is 2.31. The molecule has 0 fully saturated rings. The molecule has 7 heteroatoms. The summed E-state index contributed by atoms with van der Waals surface area (Å²) in [7, 11) is 0. The number of pyridine rings is 1. The Hall–Kier alpha value is -2.28. The minimum absolute atomic E-state index is 0.280. The van der Waals surface area contributed by atoms with Gasteiger partial charge in [-0.2, -0.15) is 13.2 Å². The third-order valence-electron chi connectivity index (χ3n) is 3.36. The monoisotopic (exact) mass is 381 g/mol. The van der Waals surface area contributed by atoms with Gasteiger partial charge in [0.25, 0.3) is 0 Å². The number of nitrogens with two attached hydrogens (primary N) is 1. The highest BCUT2D eigenvalue weighted by molar-refractivity contribution is 9.10. The van der Waals surface area contributed by atoms with Crippen LogP contribution in [0.3, 0.4) is 0 Å². The lowest BCUT2D eigenvalue weighted by atomic mass is 10.1. The average Bonchev–Trinajstić information content (AvgIpc) is 2.51. The molecular weight excluding hydrogens is 371 g/mol. The summed E-state index contributed by atoms with van der Waals surface area (Å²) >= 11 is 3.26. The molecular formula is C16H11BrF3N3. The molecule has 1 aromatic heterocycles. The maximum Gasteiger partial charge on any atom is 0.416 e. The minimum Gasteiger partial charge on any atom is -0.396 e. The summed E-state index contributed by atoms with van der Waals surface area (Å²) in [5.41, 5.74) is 7.07. The van der Waals surface area contributed by atoms with Crippen LogP contribution in [0.1, 0.15) is 5.56 Å². The normalized spacial score (nSPS) is 11.7. The summed E-state index contributed by atoms with van der Waals surface area (Å²) in [6, 6.07) is 10.7. The van der Waals surface area contributed by atoms with E-state index in [0.717, 1.165) is 17.5 Å². The number of nitrogen functional groups attached to an aromatic ring is 1. The van der Waals surface area contributed by atoms with Crippen molar-refractivity contribution in [2.75, 3.05) is 11.1 Å². The number of fused-ring (bicyclic) bond motifs is 1.